The first kappa shape index (κ1) is 12.3. The molecular weight excluding hydrogens is 232 g/mol. The van der Waals surface area contributed by atoms with Gasteiger partial charge in [0, 0.05) is 30.1 Å². The molecule has 1 amide bonds. The summed E-state index contributed by atoms with van der Waals surface area (Å²) >= 11 is 1.99. The highest BCUT2D eigenvalue weighted by Gasteiger charge is 2.16. The number of nitrogens with one attached hydrogen (secondary N) is 2. The van der Waals surface area contributed by atoms with Crippen molar-refractivity contribution in [2.75, 3.05) is 23.9 Å². The first-order valence-electron chi connectivity index (χ1n) is 5.87. The van der Waals surface area contributed by atoms with Gasteiger partial charge in [-0.3, -0.25) is 4.79 Å². The van der Waals surface area contributed by atoms with Crippen molar-refractivity contribution in [3.63, 3.8) is 0 Å². The molecule has 1 unspecified atom stereocenters. The molecule has 0 aliphatic carbocycles. The van der Waals surface area contributed by atoms with E-state index >= 15 is 0 Å². The third-order valence-corrected chi connectivity index (χ3v) is 4.17. The van der Waals surface area contributed by atoms with Crippen molar-refractivity contribution in [3.05, 3.63) is 29.3 Å². The number of amides is 1. The SMILES string of the molecule is CNC(=O)c1ccc(NC2CCSC2)c(C)c1. The minimum absolute atomic E-state index is 0.0314. The molecule has 0 saturated carbocycles. The van der Waals surface area contributed by atoms with Crippen LogP contribution in [0.2, 0.25) is 0 Å². The lowest BCUT2D eigenvalue weighted by atomic mass is 10.1. The number of anilines is 1. The summed E-state index contributed by atoms with van der Waals surface area (Å²) in [6.07, 6.45) is 1.22. The van der Waals surface area contributed by atoms with Crippen molar-refractivity contribution < 1.29 is 4.79 Å². The van der Waals surface area contributed by atoms with Crippen molar-refractivity contribution in [3.8, 4) is 0 Å². The van der Waals surface area contributed by atoms with Gasteiger partial charge in [-0.1, -0.05) is 0 Å². The topological polar surface area (TPSA) is 41.1 Å². The third-order valence-electron chi connectivity index (χ3n) is 3.00. The molecule has 1 fully saturated rings. The highest BCUT2D eigenvalue weighted by molar-refractivity contribution is 7.99. The number of hydrogen-bond acceptors (Lipinski definition) is 3. The Morgan fingerprint density at radius 1 is 1.47 bits per heavy atom. The van der Waals surface area contributed by atoms with E-state index in [1.165, 1.54) is 17.9 Å². The number of benzene rings is 1. The molecule has 1 aliphatic heterocycles. The minimum atomic E-state index is -0.0314. The lowest BCUT2D eigenvalue weighted by molar-refractivity contribution is 0.0963. The van der Waals surface area contributed by atoms with Crippen molar-refractivity contribution in [2.24, 2.45) is 0 Å². The quantitative estimate of drug-likeness (QED) is 0.864. The Hall–Kier alpha value is -1.16. The summed E-state index contributed by atoms with van der Waals surface area (Å²) in [7, 11) is 1.65. The fraction of sp³-hybridized carbons (Fsp3) is 0.462. The highest BCUT2D eigenvalue weighted by Crippen LogP contribution is 2.23. The highest BCUT2D eigenvalue weighted by atomic mass is 32.2. The van der Waals surface area contributed by atoms with E-state index in [1.807, 2.05) is 36.9 Å². The summed E-state index contributed by atoms with van der Waals surface area (Å²) in [5, 5.41) is 6.18. The number of thioether (sulfide) groups is 1. The maximum absolute atomic E-state index is 11.5. The molecule has 92 valence electrons. The normalized spacial score (nSPS) is 19.1. The van der Waals surface area contributed by atoms with Crippen LogP contribution < -0.4 is 10.6 Å². The summed E-state index contributed by atoms with van der Waals surface area (Å²) in [6, 6.07) is 6.38. The molecular formula is C13H18N2OS. The van der Waals surface area contributed by atoms with E-state index in [9.17, 15) is 4.79 Å². The van der Waals surface area contributed by atoms with E-state index in [-0.39, 0.29) is 5.91 Å². The first-order valence-corrected chi connectivity index (χ1v) is 7.03. The van der Waals surface area contributed by atoms with Crippen molar-refractivity contribution in [1.29, 1.82) is 0 Å². The van der Waals surface area contributed by atoms with Crippen molar-refractivity contribution >= 4 is 23.4 Å². The average Bonchev–Trinajstić information content (AvgIpc) is 2.83. The fourth-order valence-corrected chi connectivity index (χ4v) is 3.13. The van der Waals surface area contributed by atoms with Gasteiger partial charge in [0.25, 0.3) is 5.91 Å². The van der Waals surface area contributed by atoms with Crippen LogP contribution in [0, 0.1) is 6.92 Å². The van der Waals surface area contributed by atoms with Gasteiger partial charge >= 0.3 is 0 Å². The van der Waals surface area contributed by atoms with E-state index in [1.54, 1.807) is 7.05 Å². The number of hydrogen-bond donors (Lipinski definition) is 2. The third kappa shape index (κ3) is 2.94. The first-order chi connectivity index (χ1) is 8.20. The average molecular weight is 250 g/mol. The molecule has 2 N–H and O–H groups in total. The van der Waals surface area contributed by atoms with Gasteiger partial charge in [-0.05, 0) is 42.9 Å². The van der Waals surface area contributed by atoms with Crippen LogP contribution in [-0.2, 0) is 0 Å². The maximum atomic E-state index is 11.5. The molecule has 0 bridgehead atoms. The number of aryl methyl sites for hydroxylation is 1. The van der Waals surface area contributed by atoms with Crippen molar-refractivity contribution in [1.82, 2.24) is 5.32 Å². The summed E-state index contributed by atoms with van der Waals surface area (Å²) in [4.78, 5) is 11.5. The van der Waals surface area contributed by atoms with Gasteiger partial charge in [-0.2, -0.15) is 11.8 Å². The molecule has 1 atom stereocenters. The molecule has 1 aromatic carbocycles. The molecule has 2 rings (SSSR count). The van der Waals surface area contributed by atoms with E-state index in [0.717, 1.165) is 16.8 Å². The molecule has 0 radical (unpaired) electrons. The van der Waals surface area contributed by atoms with Crippen LogP contribution in [0.4, 0.5) is 5.69 Å². The summed E-state index contributed by atoms with van der Waals surface area (Å²) < 4.78 is 0. The smallest absolute Gasteiger partial charge is 0.251 e. The molecule has 0 aromatic heterocycles. The molecule has 1 aromatic rings. The van der Waals surface area contributed by atoms with Gasteiger partial charge in [0.05, 0.1) is 0 Å². The monoisotopic (exact) mass is 250 g/mol. The van der Waals surface area contributed by atoms with Gasteiger partial charge in [0.15, 0.2) is 0 Å². The second-order valence-corrected chi connectivity index (χ2v) is 5.46. The van der Waals surface area contributed by atoms with E-state index in [4.69, 9.17) is 0 Å². The van der Waals surface area contributed by atoms with Crippen LogP contribution in [0.15, 0.2) is 18.2 Å². The standard InChI is InChI=1S/C13H18N2OS/c1-9-7-10(13(16)14-2)3-4-12(9)15-11-5-6-17-8-11/h3-4,7,11,15H,5-6,8H2,1-2H3,(H,14,16). The second kappa shape index (κ2) is 5.45. The van der Waals surface area contributed by atoms with Gasteiger partial charge < -0.3 is 10.6 Å². The lowest BCUT2D eigenvalue weighted by Crippen LogP contribution is -2.20. The maximum Gasteiger partial charge on any atom is 0.251 e. The van der Waals surface area contributed by atoms with Crippen molar-refractivity contribution in [2.45, 2.75) is 19.4 Å². The predicted octanol–water partition coefficient (Wildman–Crippen LogP) is 2.27. The van der Waals surface area contributed by atoms with Crippen LogP contribution in [0.3, 0.4) is 0 Å². The Morgan fingerprint density at radius 2 is 2.29 bits per heavy atom. The van der Waals surface area contributed by atoms with E-state index in [0.29, 0.717) is 6.04 Å². The Kier molecular flexibility index (Phi) is 3.94. The van der Waals surface area contributed by atoms with Crippen LogP contribution in [-0.4, -0.2) is 30.5 Å². The van der Waals surface area contributed by atoms with Crippen LogP contribution in [0.5, 0.6) is 0 Å². The molecule has 1 aliphatic rings. The fourth-order valence-electron chi connectivity index (χ4n) is 1.98. The van der Waals surface area contributed by atoms with Gasteiger partial charge in [0.1, 0.15) is 0 Å². The minimum Gasteiger partial charge on any atom is -0.381 e. The number of carbonyl (C=O) groups is 1. The zero-order valence-electron chi connectivity index (χ0n) is 10.2. The van der Waals surface area contributed by atoms with E-state index < -0.39 is 0 Å². The Balaban J connectivity index is 2.10. The number of rotatable bonds is 3. The van der Waals surface area contributed by atoms with Gasteiger partial charge in [-0.15, -0.1) is 0 Å². The number of carbonyl (C=O) groups excluding carboxylic acids is 1. The Labute approximate surface area is 106 Å². The molecule has 1 heterocycles. The molecule has 0 spiro atoms. The van der Waals surface area contributed by atoms with Gasteiger partial charge in [-0.25, -0.2) is 0 Å². The summed E-state index contributed by atoms with van der Waals surface area (Å²) in [5.41, 5.74) is 2.99. The molecule has 4 heteroatoms. The molecule has 3 nitrogen and oxygen atoms in total. The largest absolute Gasteiger partial charge is 0.381 e. The summed E-state index contributed by atoms with van der Waals surface area (Å²) in [5.74, 6) is 2.39. The van der Waals surface area contributed by atoms with Crippen LogP contribution >= 0.6 is 11.8 Å². The van der Waals surface area contributed by atoms with Crippen LogP contribution in [0.25, 0.3) is 0 Å². The Morgan fingerprint density at radius 3 is 2.88 bits per heavy atom. The molecule has 17 heavy (non-hydrogen) atoms. The lowest BCUT2D eigenvalue weighted by Gasteiger charge is -2.15. The Bertz CT molecular complexity index is 414. The predicted molar refractivity (Wildman–Crippen MR) is 73.9 cm³/mol. The summed E-state index contributed by atoms with van der Waals surface area (Å²) in [6.45, 7) is 2.04. The van der Waals surface area contributed by atoms with Gasteiger partial charge in [0.2, 0.25) is 0 Å². The zero-order chi connectivity index (χ0) is 12.3. The zero-order valence-corrected chi connectivity index (χ0v) is 11.1. The van der Waals surface area contributed by atoms with E-state index in [2.05, 4.69) is 10.6 Å². The van der Waals surface area contributed by atoms with Crippen LogP contribution in [0.1, 0.15) is 22.3 Å². The second-order valence-electron chi connectivity index (χ2n) is 4.31. The molecule has 1 saturated heterocycles.